The molecule has 0 spiro atoms. The van der Waals surface area contributed by atoms with Gasteiger partial charge in [-0.05, 0) is 29.8 Å². The van der Waals surface area contributed by atoms with Gasteiger partial charge in [0.15, 0.2) is 0 Å². The third kappa shape index (κ3) is 4.47. The lowest BCUT2D eigenvalue weighted by molar-refractivity contribution is -0.274. The van der Waals surface area contributed by atoms with Crippen molar-refractivity contribution in [2.75, 3.05) is 7.05 Å². The molecule has 0 atom stereocenters. The molecule has 0 bridgehead atoms. The monoisotopic (exact) mass is 310 g/mol. The summed E-state index contributed by atoms with van der Waals surface area (Å²) >= 11 is 0. The Morgan fingerprint density at radius 1 is 1.14 bits per heavy atom. The molecule has 0 saturated heterocycles. The lowest BCUT2D eigenvalue weighted by Gasteiger charge is -2.17. The topological polar surface area (TPSA) is 42.4 Å². The smallest absolute Gasteiger partial charge is 0.406 e. The van der Waals surface area contributed by atoms with Gasteiger partial charge in [0.2, 0.25) is 0 Å². The van der Waals surface area contributed by atoms with E-state index >= 15 is 0 Å². The molecule has 1 amide bonds. The van der Waals surface area contributed by atoms with Crippen LogP contribution in [0.5, 0.6) is 5.75 Å². The van der Waals surface area contributed by atoms with Crippen molar-refractivity contribution < 1.29 is 22.7 Å². The molecule has 0 aliphatic carbocycles. The van der Waals surface area contributed by atoms with Crippen LogP contribution in [-0.4, -0.2) is 29.2 Å². The summed E-state index contributed by atoms with van der Waals surface area (Å²) in [6.45, 7) is 0.271. The normalized spacial score (nSPS) is 11.1. The second kappa shape index (κ2) is 6.46. The Kier molecular flexibility index (Phi) is 4.65. The maximum absolute atomic E-state index is 12.1. The first kappa shape index (κ1) is 15.8. The number of halogens is 3. The number of rotatable bonds is 4. The molecule has 1 aromatic carbocycles. The maximum Gasteiger partial charge on any atom is 0.573 e. The quantitative estimate of drug-likeness (QED) is 0.870. The van der Waals surface area contributed by atoms with Crippen molar-refractivity contribution in [1.29, 1.82) is 0 Å². The summed E-state index contributed by atoms with van der Waals surface area (Å²) in [6, 6.07) is 8.59. The molecule has 0 aliphatic rings. The van der Waals surface area contributed by atoms with Crippen molar-refractivity contribution >= 4 is 5.91 Å². The first-order chi connectivity index (χ1) is 10.3. The van der Waals surface area contributed by atoms with Crippen LogP contribution in [0.25, 0.3) is 0 Å². The molecule has 116 valence electrons. The largest absolute Gasteiger partial charge is 0.573 e. The second-order valence-corrected chi connectivity index (χ2v) is 4.59. The van der Waals surface area contributed by atoms with Crippen LogP contribution in [0.3, 0.4) is 0 Å². The Hall–Kier alpha value is -2.57. The van der Waals surface area contributed by atoms with Crippen molar-refractivity contribution in [2.24, 2.45) is 0 Å². The molecule has 1 heterocycles. The van der Waals surface area contributed by atoms with E-state index in [0.717, 1.165) is 0 Å². The van der Waals surface area contributed by atoms with Crippen molar-refractivity contribution in [1.82, 2.24) is 9.88 Å². The van der Waals surface area contributed by atoms with E-state index in [-0.39, 0.29) is 18.2 Å². The Morgan fingerprint density at radius 3 is 2.27 bits per heavy atom. The average Bonchev–Trinajstić information content (AvgIpc) is 2.48. The molecule has 0 fully saturated rings. The fraction of sp³-hybridized carbons (Fsp3) is 0.200. The van der Waals surface area contributed by atoms with E-state index in [4.69, 9.17) is 0 Å². The van der Waals surface area contributed by atoms with Gasteiger partial charge in [-0.25, -0.2) is 0 Å². The van der Waals surface area contributed by atoms with Gasteiger partial charge in [-0.2, -0.15) is 0 Å². The Morgan fingerprint density at radius 2 is 1.73 bits per heavy atom. The molecule has 0 saturated carbocycles. The molecule has 1 aromatic heterocycles. The van der Waals surface area contributed by atoms with E-state index in [1.54, 1.807) is 19.2 Å². The summed E-state index contributed by atoms with van der Waals surface area (Å²) in [5.41, 5.74) is 1.19. The average molecular weight is 310 g/mol. The Balaban J connectivity index is 2.00. The molecule has 0 unspecified atom stereocenters. The van der Waals surface area contributed by atoms with Crippen molar-refractivity contribution in [3.05, 3.63) is 59.9 Å². The predicted molar refractivity (Wildman–Crippen MR) is 73.2 cm³/mol. The third-order valence-electron chi connectivity index (χ3n) is 2.85. The van der Waals surface area contributed by atoms with Crippen molar-refractivity contribution in [3.63, 3.8) is 0 Å². The summed E-state index contributed by atoms with van der Waals surface area (Å²) in [7, 11) is 1.61. The number of aromatic nitrogens is 1. The molecule has 2 aromatic rings. The molecule has 0 aliphatic heterocycles. The van der Waals surface area contributed by atoms with Gasteiger partial charge in [0.05, 0.1) is 0 Å². The summed E-state index contributed by atoms with van der Waals surface area (Å²) in [4.78, 5) is 17.4. The van der Waals surface area contributed by atoms with E-state index < -0.39 is 6.36 Å². The van der Waals surface area contributed by atoms with Crippen LogP contribution in [0.2, 0.25) is 0 Å². The van der Waals surface area contributed by atoms with Gasteiger partial charge in [-0.1, -0.05) is 12.1 Å². The number of ether oxygens (including phenoxy) is 1. The standard InChI is InChI=1S/C15H13F3N2O2/c1-20(14(21)12-6-8-19-9-7-12)10-11-2-4-13(5-3-11)22-15(16,17)18/h2-9H,10H2,1H3. The zero-order valence-corrected chi connectivity index (χ0v) is 11.7. The summed E-state index contributed by atoms with van der Waals surface area (Å²) in [6.07, 6.45) is -1.68. The lowest BCUT2D eigenvalue weighted by Crippen LogP contribution is -2.26. The molecular weight excluding hydrogens is 297 g/mol. The van der Waals surface area contributed by atoms with Gasteiger partial charge < -0.3 is 9.64 Å². The first-order valence-corrected chi connectivity index (χ1v) is 6.35. The first-order valence-electron chi connectivity index (χ1n) is 6.35. The van der Waals surface area contributed by atoms with Crippen molar-refractivity contribution in [3.8, 4) is 5.75 Å². The van der Waals surface area contributed by atoms with Crippen LogP contribution in [0.15, 0.2) is 48.8 Å². The van der Waals surface area contributed by atoms with E-state index in [2.05, 4.69) is 9.72 Å². The number of alkyl halides is 3. The molecular formula is C15H13F3N2O2. The summed E-state index contributed by atoms with van der Waals surface area (Å²) in [5.74, 6) is -0.489. The molecule has 0 radical (unpaired) electrons. The van der Waals surface area contributed by atoms with Crippen LogP contribution >= 0.6 is 0 Å². The number of carbonyl (C=O) groups excluding carboxylic acids is 1. The second-order valence-electron chi connectivity index (χ2n) is 4.59. The molecule has 0 N–H and O–H groups in total. The number of hydrogen-bond donors (Lipinski definition) is 0. The van der Waals surface area contributed by atoms with Crippen molar-refractivity contribution in [2.45, 2.75) is 12.9 Å². The van der Waals surface area contributed by atoms with Crippen LogP contribution < -0.4 is 4.74 Å². The molecule has 2 rings (SSSR count). The van der Waals surface area contributed by atoms with Gasteiger partial charge in [0.1, 0.15) is 5.75 Å². The minimum Gasteiger partial charge on any atom is -0.406 e. The van der Waals surface area contributed by atoms with Gasteiger partial charge in [0.25, 0.3) is 5.91 Å². The van der Waals surface area contributed by atoms with Gasteiger partial charge >= 0.3 is 6.36 Å². The Labute approximate surface area is 125 Å². The molecule has 22 heavy (non-hydrogen) atoms. The van der Waals surface area contributed by atoms with E-state index in [1.165, 1.54) is 41.6 Å². The highest BCUT2D eigenvalue weighted by Crippen LogP contribution is 2.23. The van der Waals surface area contributed by atoms with E-state index in [0.29, 0.717) is 11.1 Å². The highest BCUT2D eigenvalue weighted by molar-refractivity contribution is 5.93. The third-order valence-corrected chi connectivity index (χ3v) is 2.85. The van der Waals surface area contributed by atoms with E-state index in [9.17, 15) is 18.0 Å². The predicted octanol–water partition coefficient (Wildman–Crippen LogP) is 3.25. The van der Waals surface area contributed by atoms with Crippen LogP contribution in [0, 0.1) is 0 Å². The summed E-state index contributed by atoms with van der Waals surface area (Å²) in [5, 5.41) is 0. The number of amides is 1. The Bertz CT molecular complexity index is 627. The minimum absolute atomic E-state index is 0.196. The molecule has 7 heteroatoms. The number of benzene rings is 1. The highest BCUT2D eigenvalue weighted by Gasteiger charge is 2.30. The lowest BCUT2D eigenvalue weighted by atomic mass is 10.2. The number of carbonyl (C=O) groups is 1. The van der Waals surface area contributed by atoms with Crippen LogP contribution in [0.1, 0.15) is 15.9 Å². The maximum atomic E-state index is 12.1. The number of hydrogen-bond acceptors (Lipinski definition) is 3. The SMILES string of the molecule is CN(Cc1ccc(OC(F)(F)F)cc1)C(=O)c1ccncc1. The van der Waals surface area contributed by atoms with Gasteiger partial charge in [-0.15, -0.1) is 13.2 Å². The zero-order chi connectivity index (χ0) is 16.2. The van der Waals surface area contributed by atoms with E-state index in [1.807, 2.05) is 0 Å². The van der Waals surface area contributed by atoms with Gasteiger partial charge in [-0.3, -0.25) is 9.78 Å². The minimum atomic E-state index is -4.71. The molecule has 4 nitrogen and oxygen atoms in total. The van der Waals surface area contributed by atoms with Crippen LogP contribution in [0.4, 0.5) is 13.2 Å². The fourth-order valence-corrected chi connectivity index (χ4v) is 1.86. The van der Waals surface area contributed by atoms with Crippen LogP contribution in [-0.2, 0) is 6.54 Å². The zero-order valence-electron chi connectivity index (χ0n) is 11.7. The number of pyridine rings is 1. The van der Waals surface area contributed by atoms with Gasteiger partial charge in [0, 0.05) is 31.5 Å². The highest BCUT2D eigenvalue weighted by atomic mass is 19.4. The number of nitrogens with zero attached hydrogens (tertiary/aromatic N) is 2. The fourth-order valence-electron chi connectivity index (χ4n) is 1.86. The summed E-state index contributed by atoms with van der Waals surface area (Å²) < 4.78 is 40.0.